The number of hydrogen-bond donors (Lipinski definition) is 1. The highest BCUT2D eigenvalue weighted by Crippen LogP contribution is 2.18. The van der Waals surface area contributed by atoms with Crippen molar-refractivity contribution in [3.8, 4) is 0 Å². The minimum atomic E-state index is -0.203. The molecule has 0 aliphatic heterocycles. The second-order valence-electron chi connectivity index (χ2n) is 6.72. The lowest BCUT2D eigenvalue weighted by Gasteiger charge is -2.17. The van der Waals surface area contributed by atoms with E-state index in [0.717, 1.165) is 37.7 Å². The van der Waals surface area contributed by atoms with Crippen LogP contribution in [-0.4, -0.2) is 46.3 Å². The Morgan fingerprint density at radius 3 is 2.62 bits per heavy atom. The Hall–Kier alpha value is -2.76. The average molecular weight is 352 g/mol. The molecule has 1 fully saturated rings. The molecule has 2 aromatic rings. The minimum absolute atomic E-state index is 0.114. The molecular weight excluding hydrogens is 328 g/mol. The number of aromatic nitrogens is 2. The van der Waals surface area contributed by atoms with Crippen LogP contribution in [0.4, 0.5) is 0 Å². The van der Waals surface area contributed by atoms with Gasteiger partial charge in [-0.2, -0.15) is 0 Å². The lowest BCUT2D eigenvalue weighted by molar-refractivity contribution is 0.0796. The molecule has 2 heterocycles. The van der Waals surface area contributed by atoms with E-state index in [1.807, 2.05) is 12.1 Å². The van der Waals surface area contributed by atoms with Gasteiger partial charge in [0.05, 0.1) is 0 Å². The summed E-state index contributed by atoms with van der Waals surface area (Å²) in [5.41, 5.74) is 1.91. The first-order chi connectivity index (χ1) is 12.6. The van der Waals surface area contributed by atoms with Crippen molar-refractivity contribution in [2.24, 2.45) is 0 Å². The Morgan fingerprint density at radius 2 is 1.88 bits per heavy atom. The third kappa shape index (κ3) is 4.65. The molecule has 3 rings (SSSR count). The molecule has 26 heavy (non-hydrogen) atoms. The van der Waals surface area contributed by atoms with Crippen molar-refractivity contribution >= 4 is 11.8 Å². The van der Waals surface area contributed by atoms with Crippen LogP contribution in [0.2, 0.25) is 0 Å². The second-order valence-corrected chi connectivity index (χ2v) is 6.72. The van der Waals surface area contributed by atoms with Crippen LogP contribution in [0.15, 0.2) is 42.9 Å². The SMILES string of the molecule is CN(CCc1ccncc1)C(=O)c1ccnc(C(=O)NC2CCCC2)c1. The van der Waals surface area contributed by atoms with E-state index in [1.165, 1.54) is 6.20 Å². The van der Waals surface area contributed by atoms with Gasteiger partial charge in [0.2, 0.25) is 0 Å². The van der Waals surface area contributed by atoms with E-state index in [1.54, 1.807) is 36.5 Å². The summed E-state index contributed by atoms with van der Waals surface area (Å²) in [5.74, 6) is -0.317. The molecule has 2 aromatic heterocycles. The van der Waals surface area contributed by atoms with Crippen LogP contribution in [-0.2, 0) is 6.42 Å². The van der Waals surface area contributed by atoms with E-state index >= 15 is 0 Å². The van der Waals surface area contributed by atoms with Crippen molar-refractivity contribution in [2.45, 2.75) is 38.1 Å². The number of nitrogens with one attached hydrogen (secondary N) is 1. The molecule has 0 radical (unpaired) electrons. The van der Waals surface area contributed by atoms with Crippen molar-refractivity contribution in [3.63, 3.8) is 0 Å². The summed E-state index contributed by atoms with van der Waals surface area (Å²) < 4.78 is 0. The predicted molar refractivity (Wildman–Crippen MR) is 98.9 cm³/mol. The highest BCUT2D eigenvalue weighted by Gasteiger charge is 2.20. The van der Waals surface area contributed by atoms with Crippen molar-refractivity contribution in [3.05, 3.63) is 59.7 Å². The maximum atomic E-state index is 12.6. The van der Waals surface area contributed by atoms with Crippen molar-refractivity contribution in [1.29, 1.82) is 0 Å². The fourth-order valence-corrected chi connectivity index (χ4v) is 3.19. The smallest absolute Gasteiger partial charge is 0.270 e. The van der Waals surface area contributed by atoms with Gasteiger partial charge in [-0.15, -0.1) is 0 Å². The lowest BCUT2D eigenvalue weighted by atomic mass is 10.1. The Balaban J connectivity index is 1.60. The molecule has 0 unspecified atom stereocenters. The van der Waals surface area contributed by atoms with Crippen LogP contribution < -0.4 is 5.32 Å². The van der Waals surface area contributed by atoms with Gasteiger partial charge >= 0.3 is 0 Å². The lowest BCUT2D eigenvalue weighted by Crippen LogP contribution is -2.33. The fraction of sp³-hybridized carbons (Fsp3) is 0.400. The first-order valence-electron chi connectivity index (χ1n) is 9.05. The minimum Gasteiger partial charge on any atom is -0.348 e. The molecule has 2 amide bonds. The number of carbonyl (C=O) groups excluding carboxylic acids is 2. The zero-order chi connectivity index (χ0) is 18.4. The molecule has 136 valence electrons. The topological polar surface area (TPSA) is 75.2 Å². The summed E-state index contributed by atoms with van der Waals surface area (Å²) in [7, 11) is 1.77. The maximum absolute atomic E-state index is 12.6. The van der Waals surface area contributed by atoms with Gasteiger partial charge < -0.3 is 10.2 Å². The van der Waals surface area contributed by atoms with Crippen LogP contribution >= 0.6 is 0 Å². The van der Waals surface area contributed by atoms with Gasteiger partial charge in [0.15, 0.2) is 0 Å². The van der Waals surface area contributed by atoms with Gasteiger partial charge in [-0.05, 0) is 49.1 Å². The zero-order valence-electron chi connectivity index (χ0n) is 15.0. The van der Waals surface area contributed by atoms with E-state index in [2.05, 4.69) is 15.3 Å². The van der Waals surface area contributed by atoms with E-state index in [0.29, 0.717) is 17.8 Å². The summed E-state index contributed by atoms with van der Waals surface area (Å²) in [4.78, 5) is 34.8. The molecule has 6 nitrogen and oxygen atoms in total. The highest BCUT2D eigenvalue weighted by atomic mass is 16.2. The molecule has 0 spiro atoms. The number of rotatable bonds is 6. The normalized spacial score (nSPS) is 14.2. The average Bonchev–Trinajstić information content (AvgIpc) is 3.19. The molecule has 1 N–H and O–H groups in total. The van der Waals surface area contributed by atoms with Crippen molar-refractivity contribution in [1.82, 2.24) is 20.2 Å². The largest absolute Gasteiger partial charge is 0.348 e. The molecule has 0 atom stereocenters. The van der Waals surface area contributed by atoms with Crippen LogP contribution in [0.1, 0.15) is 52.1 Å². The van der Waals surface area contributed by atoms with Crippen LogP contribution in [0, 0.1) is 0 Å². The zero-order valence-corrected chi connectivity index (χ0v) is 15.0. The quantitative estimate of drug-likeness (QED) is 0.866. The third-order valence-corrected chi connectivity index (χ3v) is 4.76. The van der Waals surface area contributed by atoms with Gasteiger partial charge in [-0.25, -0.2) is 0 Å². The summed E-state index contributed by atoms with van der Waals surface area (Å²) in [6.45, 7) is 0.592. The first-order valence-corrected chi connectivity index (χ1v) is 9.05. The van der Waals surface area contributed by atoms with E-state index in [-0.39, 0.29) is 17.9 Å². The van der Waals surface area contributed by atoms with Gasteiger partial charge in [-0.3, -0.25) is 19.6 Å². The van der Waals surface area contributed by atoms with E-state index < -0.39 is 0 Å². The van der Waals surface area contributed by atoms with Gasteiger partial charge in [0.1, 0.15) is 5.69 Å². The van der Waals surface area contributed by atoms with Gasteiger partial charge in [0.25, 0.3) is 11.8 Å². The van der Waals surface area contributed by atoms with Crippen LogP contribution in [0.3, 0.4) is 0 Å². The number of carbonyl (C=O) groups is 2. The Kier molecular flexibility index (Phi) is 5.94. The molecule has 6 heteroatoms. The van der Waals surface area contributed by atoms with Crippen LogP contribution in [0.5, 0.6) is 0 Å². The van der Waals surface area contributed by atoms with Gasteiger partial charge in [-0.1, -0.05) is 12.8 Å². The standard InChI is InChI=1S/C20H24N4O2/c1-24(13-9-15-6-10-21-11-7-15)20(26)16-8-12-22-18(14-16)19(25)23-17-4-2-3-5-17/h6-8,10-12,14,17H,2-5,9,13H2,1H3,(H,23,25). The van der Waals surface area contributed by atoms with Crippen LogP contribution in [0.25, 0.3) is 0 Å². The monoisotopic (exact) mass is 352 g/mol. The number of nitrogens with zero attached hydrogens (tertiary/aromatic N) is 3. The second kappa shape index (κ2) is 8.56. The van der Waals surface area contributed by atoms with E-state index in [9.17, 15) is 9.59 Å². The molecule has 0 saturated heterocycles. The number of amides is 2. The Labute approximate surface area is 153 Å². The summed E-state index contributed by atoms with van der Waals surface area (Å²) in [6, 6.07) is 7.34. The maximum Gasteiger partial charge on any atom is 0.270 e. The number of pyridine rings is 2. The van der Waals surface area contributed by atoms with Crippen molar-refractivity contribution < 1.29 is 9.59 Å². The summed E-state index contributed by atoms with van der Waals surface area (Å²) in [5, 5.41) is 3.00. The third-order valence-electron chi connectivity index (χ3n) is 4.76. The molecule has 0 bridgehead atoms. The summed E-state index contributed by atoms with van der Waals surface area (Å²) >= 11 is 0. The predicted octanol–water partition coefficient (Wildman–Crippen LogP) is 2.46. The summed E-state index contributed by atoms with van der Waals surface area (Å²) in [6.07, 6.45) is 10.1. The number of hydrogen-bond acceptors (Lipinski definition) is 4. The fourth-order valence-electron chi connectivity index (χ4n) is 3.19. The first kappa shape index (κ1) is 18.0. The molecule has 1 aliphatic carbocycles. The molecule has 1 aliphatic rings. The molecule has 1 saturated carbocycles. The van der Waals surface area contributed by atoms with Gasteiger partial charge in [0, 0.05) is 43.8 Å². The number of likely N-dealkylation sites (N-methyl/N-ethyl adjacent to an activating group) is 1. The van der Waals surface area contributed by atoms with E-state index in [4.69, 9.17) is 0 Å². The molecular formula is C20H24N4O2. The Bertz CT molecular complexity index is 757. The highest BCUT2D eigenvalue weighted by molar-refractivity contribution is 5.98. The Morgan fingerprint density at radius 1 is 1.15 bits per heavy atom. The van der Waals surface area contributed by atoms with Crippen molar-refractivity contribution in [2.75, 3.05) is 13.6 Å². The molecule has 0 aromatic carbocycles.